The van der Waals surface area contributed by atoms with Crippen LogP contribution in [0.2, 0.25) is 0 Å². The molecule has 242 valence electrons. The van der Waals surface area contributed by atoms with Gasteiger partial charge in [-0.2, -0.15) is 0 Å². The molecular formula is C31H53O10P. The van der Waals surface area contributed by atoms with E-state index in [1.807, 2.05) is 18.2 Å². The molecule has 3 N–H and O–H groups in total. The molecule has 0 fully saturated rings. The molecule has 0 aromatic heterocycles. The number of phosphoric acid groups is 1. The van der Waals surface area contributed by atoms with Crippen LogP contribution in [0.5, 0.6) is 0 Å². The number of aliphatic hydroxyl groups excluding tert-OH is 2. The van der Waals surface area contributed by atoms with E-state index in [0.717, 1.165) is 57.8 Å². The van der Waals surface area contributed by atoms with E-state index >= 15 is 0 Å². The van der Waals surface area contributed by atoms with Crippen molar-refractivity contribution in [3.63, 3.8) is 0 Å². The maximum atomic E-state index is 12.4. The van der Waals surface area contributed by atoms with Gasteiger partial charge < -0.3 is 24.6 Å². The Labute approximate surface area is 252 Å². The minimum absolute atomic E-state index is 0.0619. The summed E-state index contributed by atoms with van der Waals surface area (Å²) in [6.45, 7) is 2.04. The monoisotopic (exact) mass is 616 g/mol. The average Bonchev–Trinajstić information content (AvgIpc) is 2.97. The smallest absolute Gasteiger partial charge is 0.462 e. The maximum Gasteiger partial charge on any atom is 0.472 e. The average molecular weight is 617 g/mol. The van der Waals surface area contributed by atoms with Crippen LogP contribution in [0.25, 0.3) is 0 Å². The fourth-order valence-electron chi connectivity index (χ4n) is 3.41. The first-order chi connectivity index (χ1) is 20.2. The van der Waals surface area contributed by atoms with Gasteiger partial charge in [-0.25, -0.2) is 4.57 Å². The Kier molecular flexibility index (Phi) is 26.4. The SMILES string of the molecule is CC/C=C\C/C=C\C/C=C\C/C=C\CCC(=O)OC(COC(=O)CCCCCCCC)COP(=O)(O)OCC(O)CO. The summed E-state index contributed by atoms with van der Waals surface area (Å²) in [6.07, 6.45) is 24.3. The van der Waals surface area contributed by atoms with E-state index < -0.39 is 51.8 Å². The zero-order chi connectivity index (χ0) is 31.3. The summed E-state index contributed by atoms with van der Waals surface area (Å²) in [6, 6.07) is 0. The van der Waals surface area contributed by atoms with Crippen LogP contribution in [0.15, 0.2) is 48.6 Å². The number of hydrogen-bond donors (Lipinski definition) is 3. The first kappa shape index (κ1) is 39.9. The number of unbranched alkanes of at least 4 members (excludes halogenated alkanes) is 5. The van der Waals surface area contributed by atoms with Gasteiger partial charge in [0.2, 0.25) is 0 Å². The van der Waals surface area contributed by atoms with Crippen LogP contribution in [0, 0.1) is 0 Å². The third kappa shape index (κ3) is 26.8. The second-order valence-electron chi connectivity index (χ2n) is 9.75. The fraction of sp³-hybridized carbons (Fsp3) is 0.677. The Morgan fingerprint density at radius 1 is 0.738 bits per heavy atom. The lowest BCUT2D eigenvalue weighted by atomic mass is 10.1. The van der Waals surface area contributed by atoms with E-state index in [4.69, 9.17) is 19.1 Å². The number of carbonyl (C=O) groups is 2. The number of rotatable bonds is 27. The molecular weight excluding hydrogens is 563 g/mol. The molecule has 0 bridgehead atoms. The molecule has 0 rings (SSSR count). The molecule has 0 aromatic carbocycles. The number of hydrogen-bond acceptors (Lipinski definition) is 9. The maximum absolute atomic E-state index is 12.4. The van der Waals surface area contributed by atoms with E-state index in [0.29, 0.717) is 12.8 Å². The highest BCUT2D eigenvalue weighted by atomic mass is 31.2. The van der Waals surface area contributed by atoms with Gasteiger partial charge in [0.05, 0.1) is 19.8 Å². The molecule has 0 saturated heterocycles. The Morgan fingerprint density at radius 2 is 1.31 bits per heavy atom. The third-order valence-electron chi connectivity index (χ3n) is 5.76. The van der Waals surface area contributed by atoms with Gasteiger partial charge in [-0.1, -0.05) is 94.6 Å². The molecule has 3 atom stereocenters. The predicted molar refractivity (Wildman–Crippen MR) is 164 cm³/mol. The number of ether oxygens (including phenoxy) is 2. The molecule has 0 radical (unpaired) electrons. The minimum atomic E-state index is -4.61. The zero-order valence-electron chi connectivity index (χ0n) is 25.4. The summed E-state index contributed by atoms with van der Waals surface area (Å²) < 4.78 is 32.1. The van der Waals surface area contributed by atoms with Crippen molar-refractivity contribution in [2.75, 3.05) is 26.4 Å². The van der Waals surface area contributed by atoms with Gasteiger partial charge in [-0.3, -0.25) is 18.6 Å². The largest absolute Gasteiger partial charge is 0.472 e. The van der Waals surface area contributed by atoms with Gasteiger partial charge in [0.15, 0.2) is 6.10 Å². The molecule has 42 heavy (non-hydrogen) atoms. The summed E-state index contributed by atoms with van der Waals surface area (Å²) in [5, 5.41) is 18.1. The van der Waals surface area contributed by atoms with E-state index in [1.54, 1.807) is 0 Å². The summed E-state index contributed by atoms with van der Waals surface area (Å²) in [4.78, 5) is 34.3. The lowest BCUT2D eigenvalue weighted by Crippen LogP contribution is -2.29. The van der Waals surface area contributed by atoms with Crippen molar-refractivity contribution < 1.29 is 47.8 Å². The van der Waals surface area contributed by atoms with Gasteiger partial charge in [0.25, 0.3) is 0 Å². The third-order valence-corrected chi connectivity index (χ3v) is 6.71. The topological polar surface area (TPSA) is 149 Å². The Hall–Kier alpha value is -2.07. The number of carbonyl (C=O) groups excluding carboxylic acids is 2. The summed E-state index contributed by atoms with van der Waals surface area (Å²) >= 11 is 0. The predicted octanol–water partition coefficient (Wildman–Crippen LogP) is 6.26. The van der Waals surface area contributed by atoms with Crippen LogP contribution in [-0.2, 0) is 32.7 Å². The summed E-state index contributed by atoms with van der Waals surface area (Å²) in [7, 11) is -4.61. The molecule has 10 nitrogen and oxygen atoms in total. The van der Waals surface area contributed by atoms with Crippen LogP contribution in [0.3, 0.4) is 0 Å². The van der Waals surface area contributed by atoms with E-state index in [-0.39, 0.29) is 19.4 Å². The van der Waals surface area contributed by atoms with Crippen molar-refractivity contribution in [3.8, 4) is 0 Å². The summed E-state index contributed by atoms with van der Waals surface area (Å²) in [5.41, 5.74) is 0. The molecule has 0 heterocycles. The van der Waals surface area contributed by atoms with E-state index in [9.17, 15) is 24.2 Å². The quantitative estimate of drug-likeness (QED) is 0.0418. The van der Waals surface area contributed by atoms with Crippen molar-refractivity contribution in [1.29, 1.82) is 0 Å². The van der Waals surface area contributed by atoms with Crippen molar-refractivity contribution in [2.45, 2.75) is 110 Å². The van der Waals surface area contributed by atoms with E-state index in [2.05, 4.69) is 48.8 Å². The Bertz CT molecular complexity index is 853. The molecule has 3 unspecified atom stereocenters. The molecule has 0 aromatic rings. The fourth-order valence-corrected chi connectivity index (χ4v) is 4.20. The van der Waals surface area contributed by atoms with Crippen LogP contribution < -0.4 is 0 Å². The number of phosphoric ester groups is 1. The van der Waals surface area contributed by atoms with E-state index in [1.165, 1.54) is 0 Å². The van der Waals surface area contributed by atoms with Crippen LogP contribution in [-0.4, -0.2) is 65.7 Å². The molecule has 0 aliphatic heterocycles. The number of esters is 2. The Morgan fingerprint density at radius 3 is 1.93 bits per heavy atom. The normalized spacial score (nSPS) is 15.1. The highest BCUT2D eigenvalue weighted by molar-refractivity contribution is 7.47. The summed E-state index contributed by atoms with van der Waals surface area (Å²) in [5.74, 6) is -1.04. The Balaban J connectivity index is 4.62. The van der Waals surface area contributed by atoms with Gasteiger partial charge >= 0.3 is 19.8 Å². The van der Waals surface area contributed by atoms with Gasteiger partial charge in [-0.15, -0.1) is 0 Å². The molecule has 0 saturated carbocycles. The van der Waals surface area contributed by atoms with Gasteiger partial charge in [0.1, 0.15) is 12.7 Å². The van der Waals surface area contributed by atoms with Gasteiger partial charge in [0, 0.05) is 12.8 Å². The second-order valence-corrected chi connectivity index (χ2v) is 11.2. The first-order valence-corrected chi connectivity index (χ1v) is 16.6. The highest BCUT2D eigenvalue weighted by Crippen LogP contribution is 2.43. The molecule has 0 spiro atoms. The number of aliphatic hydroxyl groups is 2. The second kappa shape index (κ2) is 27.7. The number of allylic oxidation sites excluding steroid dienone is 8. The van der Waals surface area contributed by atoms with Crippen LogP contribution in [0.4, 0.5) is 0 Å². The van der Waals surface area contributed by atoms with Crippen LogP contribution >= 0.6 is 7.82 Å². The first-order valence-electron chi connectivity index (χ1n) is 15.1. The van der Waals surface area contributed by atoms with Crippen LogP contribution in [0.1, 0.15) is 97.3 Å². The van der Waals surface area contributed by atoms with Crippen molar-refractivity contribution in [1.82, 2.24) is 0 Å². The van der Waals surface area contributed by atoms with Crippen molar-refractivity contribution in [3.05, 3.63) is 48.6 Å². The molecule has 11 heteroatoms. The minimum Gasteiger partial charge on any atom is -0.462 e. The highest BCUT2D eigenvalue weighted by Gasteiger charge is 2.27. The lowest BCUT2D eigenvalue weighted by Gasteiger charge is -2.20. The van der Waals surface area contributed by atoms with Crippen molar-refractivity contribution >= 4 is 19.8 Å². The zero-order valence-corrected chi connectivity index (χ0v) is 26.3. The molecule has 0 aliphatic carbocycles. The standard InChI is InChI=1S/C31H53O10P/c1-3-5-7-9-11-12-13-14-15-16-17-19-21-23-31(35)41-29(27-40-42(36,37)39-25-28(33)24-32)26-38-30(34)22-20-18-10-8-6-4-2/h5,7,11-12,14-15,17,19,28-29,32-33H,3-4,6,8-10,13,16,18,20-27H2,1-2H3,(H,36,37)/b7-5-,12-11-,15-14-,19-17-. The van der Waals surface area contributed by atoms with Gasteiger partial charge in [-0.05, 0) is 38.5 Å². The molecule has 0 aliphatic rings. The molecule has 0 amide bonds. The van der Waals surface area contributed by atoms with Crippen molar-refractivity contribution in [2.24, 2.45) is 0 Å². The lowest BCUT2D eigenvalue weighted by molar-refractivity contribution is -0.161.